The van der Waals surface area contributed by atoms with E-state index >= 15 is 0 Å². The molecule has 6 heteroatoms. The molecule has 2 atom stereocenters. The van der Waals surface area contributed by atoms with Gasteiger partial charge in [-0.3, -0.25) is 4.79 Å². The quantitative estimate of drug-likeness (QED) is 0.753. The first-order valence-corrected chi connectivity index (χ1v) is 7.62. The van der Waals surface area contributed by atoms with Crippen molar-refractivity contribution in [2.75, 3.05) is 17.8 Å². The molecular weight excluding hydrogens is 222 g/mol. The first-order chi connectivity index (χ1) is 6.48. The molecule has 1 aliphatic rings. The Bertz CT molecular complexity index is 313. The van der Waals surface area contributed by atoms with Crippen LogP contribution in [0.3, 0.4) is 0 Å². The fourth-order valence-corrected chi connectivity index (χ4v) is 5.00. The van der Waals surface area contributed by atoms with Gasteiger partial charge in [0.15, 0.2) is 9.84 Å². The van der Waals surface area contributed by atoms with Crippen LogP contribution in [0.15, 0.2) is 0 Å². The molecule has 1 heterocycles. The predicted octanol–water partition coefficient (Wildman–Crippen LogP) is 0.0412. The Hall–Kier alpha value is -0.230. The van der Waals surface area contributed by atoms with Gasteiger partial charge in [-0.05, 0) is 6.26 Å². The summed E-state index contributed by atoms with van der Waals surface area (Å²) >= 11 is 1.50. The molecule has 0 aromatic heterocycles. The van der Waals surface area contributed by atoms with Crippen LogP contribution in [-0.2, 0) is 14.6 Å². The molecule has 82 valence electrons. The number of hydrogen-bond acceptors (Lipinski definition) is 4. The molecule has 1 N–H and O–H groups in total. The molecule has 1 saturated heterocycles. The second-order valence-electron chi connectivity index (χ2n) is 3.38. The Balaban J connectivity index is 2.64. The maximum absolute atomic E-state index is 11.3. The van der Waals surface area contributed by atoms with E-state index in [1.165, 1.54) is 11.8 Å². The number of hydrogen-bond donors (Lipinski definition) is 1. The summed E-state index contributed by atoms with van der Waals surface area (Å²) < 4.78 is 22.6. The number of thioether (sulfide) groups is 1. The van der Waals surface area contributed by atoms with E-state index in [9.17, 15) is 13.2 Å². The van der Waals surface area contributed by atoms with E-state index in [0.717, 1.165) is 0 Å². The highest BCUT2D eigenvalue weighted by Crippen LogP contribution is 2.22. The van der Waals surface area contributed by atoms with E-state index in [-0.39, 0.29) is 28.7 Å². The minimum Gasteiger partial charge on any atom is -0.351 e. The summed E-state index contributed by atoms with van der Waals surface area (Å²) in [5.74, 6) is 0.193. The molecule has 0 unspecified atom stereocenters. The summed E-state index contributed by atoms with van der Waals surface area (Å²) in [6.07, 6.45) is 2.27. The molecule has 0 bridgehead atoms. The monoisotopic (exact) mass is 237 g/mol. The Morgan fingerprint density at radius 1 is 1.50 bits per heavy atom. The fraction of sp³-hybridized carbons (Fsp3) is 0.875. The Morgan fingerprint density at radius 2 is 2.14 bits per heavy atom. The Morgan fingerprint density at radius 3 is 2.64 bits per heavy atom. The third-order valence-electron chi connectivity index (χ3n) is 2.27. The van der Waals surface area contributed by atoms with Gasteiger partial charge in [-0.25, -0.2) is 8.42 Å². The van der Waals surface area contributed by atoms with Crippen molar-refractivity contribution < 1.29 is 13.2 Å². The fourth-order valence-electron chi connectivity index (χ4n) is 1.49. The summed E-state index contributed by atoms with van der Waals surface area (Å²) in [6, 6.07) is -0.206. The summed E-state index contributed by atoms with van der Waals surface area (Å²) in [6.45, 7) is 1.76. The highest BCUT2D eigenvalue weighted by molar-refractivity contribution is 8.01. The average Bonchev–Trinajstić information content (AvgIpc) is 2.40. The zero-order chi connectivity index (χ0) is 10.8. The molecule has 1 amide bonds. The molecule has 1 fully saturated rings. The van der Waals surface area contributed by atoms with Gasteiger partial charge in [0.2, 0.25) is 5.91 Å². The number of amides is 1. The lowest BCUT2D eigenvalue weighted by Crippen LogP contribution is -2.41. The molecule has 1 aliphatic heterocycles. The minimum atomic E-state index is -2.95. The molecule has 0 radical (unpaired) electrons. The Labute approximate surface area is 88.7 Å². The molecule has 0 spiro atoms. The van der Waals surface area contributed by atoms with Crippen LogP contribution in [0.4, 0.5) is 0 Å². The second-order valence-corrected chi connectivity index (χ2v) is 6.61. The van der Waals surface area contributed by atoms with E-state index in [0.29, 0.717) is 6.42 Å². The van der Waals surface area contributed by atoms with Gasteiger partial charge < -0.3 is 5.32 Å². The standard InChI is InChI=1S/C8H15NO3S2/c1-3-8(10)9-6-4-14(11,12)5-7(6)13-2/h6-7H,3-5H2,1-2H3,(H,9,10)/t6-,7-/m0/s1. The van der Waals surface area contributed by atoms with E-state index in [1.54, 1.807) is 6.92 Å². The number of rotatable bonds is 3. The van der Waals surface area contributed by atoms with Crippen LogP contribution < -0.4 is 5.32 Å². The molecule has 0 aromatic rings. The maximum atomic E-state index is 11.3. The van der Waals surface area contributed by atoms with Gasteiger partial charge >= 0.3 is 0 Å². The highest BCUT2D eigenvalue weighted by Gasteiger charge is 2.37. The number of carbonyl (C=O) groups is 1. The molecule has 14 heavy (non-hydrogen) atoms. The molecule has 0 aromatic carbocycles. The Kier molecular flexibility index (Phi) is 3.83. The van der Waals surface area contributed by atoms with Crippen LogP contribution in [0.5, 0.6) is 0 Å². The van der Waals surface area contributed by atoms with Crippen molar-refractivity contribution in [3.05, 3.63) is 0 Å². The van der Waals surface area contributed by atoms with E-state index in [1.807, 2.05) is 6.26 Å². The zero-order valence-corrected chi connectivity index (χ0v) is 9.95. The van der Waals surface area contributed by atoms with Gasteiger partial charge in [-0.15, -0.1) is 0 Å². The van der Waals surface area contributed by atoms with Crippen molar-refractivity contribution in [2.45, 2.75) is 24.6 Å². The average molecular weight is 237 g/mol. The lowest BCUT2D eigenvalue weighted by atomic mass is 10.2. The van der Waals surface area contributed by atoms with E-state index < -0.39 is 9.84 Å². The molecular formula is C8H15NO3S2. The maximum Gasteiger partial charge on any atom is 0.219 e. The normalized spacial score (nSPS) is 30.1. The van der Waals surface area contributed by atoms with Crippen LogP contribution in [0, 0.1) is 0 Å². The third-order valence-corrected chi connectivity index (χ3v) is 5.32. The van der Waals surface area contributed by atoms with Crippen molar-refractivity contribution >= 4 is 27.5 Å². The van der Waals surface area contributed by atoms with Gasteiger partial charge in [0, 0.05) is 11.7 Å². The van der Waals surface area contributed by atoms with E-state index in [2.05, 4.69) is 5.32 Å². The summed E-state index contributed by atoms with van der Waals surface area (Å²) in [4.78, 5) is 11.1. The second kappa shape index (κ2) is 4.53. The van der Waals surface area contributed by atoms with Crippen molar-refractivity contribution in [2.24, 2.45) is 0 Å². The predicted molar refractivity (Wildman–Crippen MR) is 58.2 cm³/mol. The molecule has 4 nitrogen and oxygen atoms in total. The largest absolute Gasteiger partial charge is 0.351 e. The van der Waals surface area contributed by atoms with Crippen molar-refractivity contribution in [1.29, 1.82) is 0 Å². The number of carbonyl (C=O) groups excluding carboxylic acids is 1. The summed E-state index contributed by atoms with van der Waals surface area (Å²) in [7, 11) is -2.95. The van der Waals surface area contributed by atoms with Gasteiger partial charge in [-0.2, -0.15) is 11.8 Å². The van der Waals surface area contributed by atoms with Gasteiger partial charge in [0.05, 0.1) is 17.5 Å². The SMILES string of the molecule is CCC(=O)N[C@H]1CS(=O)(=O)C[C@@H]1SC. The van der Waals surface area contributed by atoms with Crippen molar-refractivity contribution in [1.82, 2.24) is 5.32 Å². The highest BCUT2D eigenvalue weighted by atomic mass is 32.2. The van der Waals surface area contributed by atoms with Crippen molar-refractivity contribution in [3.8, 4) is 0 Å². The van der Waals surface area contributed by atoms with Crippen LogP contribution in [0.1, 0.15) is 13.3 Å². The van der Waals surface area contributed by atoms with E-state index in [4.69, 9.17) is 0 Å². The molecule has 1 rings (SSSR count). The smallest absolute Gasteiger partial charge is 0.219 e. The third kappa shape index (κ3) is 2.88. The first-order valence-electron chi connectivity index (χ1n) is 4.51. The topological polar surface area (TPSA) is 63.2 Å². The van der Waals surface area contributed by atoms with Crippen LogP contribution in [0.2, 0.25) is 0 Å². The summed E-state index contributed by atoms with van der Waals surface area (Å²) in [5.41, 5.74) is 0. The van der Waals surface area contributed by atoms with Crippen molar-refractivity contribution in [3.63, 3.8) is 0 Å². The zero-order valence-electron chi connectivity index (χ0n) is 8.32. The van der Waals surface area contributed by atoms with Gasteiger partial charge in [-0.1, -0.05) is 6.92 Å². The molecule has 0 saturated carbocycles. The van der Waals surface area contributed by atoms with Crippen LogP contribution in [-0.4, -0.2) is 43.4 Å². The lowest BCUT2D eigenvalue weighted by Gasteiger charge is -2.16. The number of nitrogens with one attached hydrogen (secondary N) is 1. The van der Waals surface area contributed by atoms with Gasteiger partial charge in [0.25, 0.3) is 0 Å². The lowest BCUT2D eigenvalue weighted by molar-refractivity contribution is -0.121. The number of sulfone groups is 1. The molecule has 0 aliphatic carbocycles. The van der Waals surface area contributed by atoms with Crippen LogP contribution >= 0.6 is 11.8 Å². The minimum absolute atomic E-state index is 0.00972. The summed E-state index contributed by atoms with van der Waals surface area (Å²) in [5, 5.41) is 2.76. The van der Waals surface area contributed by atoms with Gasteiger partial charge in [0.1, 0.15) is 0 Å². The first kappa shape index (κ1) is 11.8. The van der Waals surface area contributed by atoms with Crippen LogP contribution in [0.25, 0.3) is 0 Å².